The number of hydrogen-bond acceptors (Lipinski definition) is 2. The lowest BCUT2D eigenvalue weighted by Gasteiger charge is -2.21. The molecule has 1 fully saturated rings. The Morgan fingerprint density at radius 1 is 1.70 bits per heavy atom. The van der Waals surface area contributed by atoms with E-state index in [1.54, 1.807) is 0 Å². The van der Waals surface area contributed by atoms with Gasteiger partial charge in [-0.15, -0.1) is 0 Å². The maximum Gasteiger partial charge on any atom is 0.0333 e. The van der Waals surface area contributed by atoms with E-state index in [1.807, 2.05) is 7.05 Å². The third-order valence-corrected chi connectivity index (χ3v) is 1.93. The Bertz CT molecular complexity index is 78.9. The maximum absolute atomic E-state index is 4.13. The molecule has 0 saturated carbocycles. The molecule has 0 bridgehead atoms. The number of rotatable bonds is 3. The predicted molar refractivity (Wildman–Crippen MR) is 41.7 cm³/mol. The van der Waals surface area contributed by atoms with Gasteiger partial charge in [0.05, 0.1) is 0 Å². The summed E-state index contributed by atoms with van der Waals surface area (Å²) in [5.41, 5.74) is 7.13. The molecular formula is C7H16N3. The molecule has 1 aliphatic heterocycles. The monoisotopic (exact) mass is 142 g/mol. The molecular weight excluding hydrogens is 126 g/mol. The highest BCUT2D eigenvalue weighted by Gasteiger charge is 2.11. The van der Waals surface area contributed by atoms with Gasteiger partial charge in [0, 0.05) is 13.1 Å². The van der Waals surface area contributed by atoms with Gasteiger partial charge >= 0.3 is 0 Å². The Labute approximate surface area is 62.5 Å². The van der Waals surface area contributed by atoms with Crippen molar-refractivity contribution in [2.75, 3.05) is 26.7 Å². The Morgan fingerprint density at radius 2 is 2.60 bits per heavy atom. The highest BCUT2D eigenvalue weighted by atomic mass is 15.4. The standard InChI is InChI=1S/C7H16N3/c1-8-4-2-7-3-5-9-10-6-7/h7-9H,2-6H2,1H3. The molecule has 0 aromatic heterocycles. The summed E-state index contributed by atoms with van der Waals surface area (Å²) in [6, 6.07) is 0. The Kier molecular flexibility index (Phi) is 3.72. The first kappa shape index (κ1) is 7.98. The molecule has 0 amide bonds. The van der Waals surface area contributed by atoms with Crippen LogP contribution in [0.15, 0.2) is 0 Å². The fourth-order valence-electron chi connectivity index (χ4n) is 1.22. The number of nitrogens with zero attached hydrogens (tertiary/aromatic N) is 1. The zero-order chi connectivity index (χ0) is 7.23. The predicted octanol–water partition coefficient (Wildman–Crippen LogP) is -0.275. The molecule has 0 spiro atoms. The van der Waals surface area contributed by atoms with E-state index in [4.69, 9.17) is 0 Å². The Hall–Kier alpha value is -0.120. The van der Waals surface area contributed by atoms with Crippen molar-refractivity contribution in [3.05, 3.63) is 0 Å². The molecule has 10 heavy (non-hydrogen) atoms. The molecule has 0 aromatic carbocycles. The zero-order valence-corrected chi connectivity index (χ0v) is 6.56. The fourth-order valence-corrected chi connectivity index (χ4v) is 1.22. The van der Waals surface area contributed by atoms with E-state index >= 15 is 0 Å². The summed E-state index contributed by atoms with van der Waals surface area (Å²) in [7, 11) is 2.00. The second-order valence-electron chi connectivity index (χ2n) is 2.80. The summed E-state index contributed by atoms with van der Waals surface area (Å²) in [5.74, 6) is 0.814. The molecule has 0 aromatic rings. The largest absolute Gasteiger partial charge is 0.320 e. The van der Waals surface area contributed by atoms with Crippen molar-refractivity contribution in [1.82, 2.24) is 16.2 Å². The molecule has 1 saturated heterocycles. The van der Waals surface area contributed by atoms with E-state index in [-0.39, 0.29) is 0 Å². The van der Waals surface area contributed by atoms with Crippen LogP contribution in [0, 0.1) is 5.92 Å². The van der Waals surface area contributed by atoms with E-state index in [9.17, 15) is 0 Å². The third kappa shape index (κ3) is 2.64. The van der Waals surface area contributed by atoms with E-state index in [0.717, 1.165) is 25.6 Å². The van der Waals surface area contributed by atoms with Crippen molar-refractivity contribution < 1.29 is 0 Å². The van der Waals surface area contributed by atoms with Gasteiger partial charge in [0.2, 0.25) is 0 Å². The van der Waals surface area contributed by atoms with E-state index < -0.39 is 0 Å². The first-order chi connectivity index (χ1) is 4.93. The van der Waals surface area contributed by atoms with Crippen LogP contribution in [-0.4, -0.2) is 26.7 Å². The third-order valence-electron chi connectivity index (χ3n) is 1.93. The average molecular weight is 142 g/mol. The van der Waals surface area contributed by atoms with Crippen LogP contribution in [-0.2, 0) is 0 Å². The summed E-state index contributed by atoms with van der Waals surface area (Å²) >= 11 is 0. The van der Waals surface area contributed by atoms with Crippen LogP contribution in [0.3, 0.4) is 0 Å². The fraction of sp³-hybridized carbons (Fsp3) is 1.00. The normalized spacial score (nSPS) is 26.7. The maximum atomic E-state index is 4.13. The van der Waals surface area contributed by atoms with Gasteiger partial charge < -0.3 is 5.32 Å². The van der Waals surface area contributed by atoms with Crippen LogP contribution in [0.1, 0.15) is 12.8 Å². The molecule has 1 radical (unpaired) electrons. The minimum Gasteiger partial charge on any atom is -0.320 e. The second-order valence-corrected chi connectivity index (χ2v) is 2.80. The minimum atomic E-state index is 0.814. The van der Waals surface area contributed by atoms with Crippen molar-refractivity contribution in [2.45, 2.75) is 12.8 Å². The van der Waals surface area contributed by atoms with Crippen LogP contribution < -0.4 is 16.2 Å². The van der Waals surface area contributed by atoms with Gasteiger partial charge in [-0.25, -0.2) is 5.43 Å². The Balaban J connectivity index is 2.02. The SMILES string of the molecule is CNCCC1CCN[N]C1. The van der Waals surface area contributed by atoms with Crippen molar-refractivity contribution >= 4 is 0 Å². The Morgan fingerprint density at radius 3 is 3.20 bits per heavy atom. The molecule has 3 nitrogen and oxygen atoms in total. The van der Waals surface area contributed by atoms with Crippen molar-refractivity contribution in [3.63, 3.8) is 0 Å². The van der Waals surface area contributed by atoms with E-state index in [2.05, 4.69) is 16.2 Å². The quantitative estimate of drug-likeness (QED) is 0.569. The van der Waals surface area contributed by atoms with Gasteiger partial charge in [-0.3, -0.25) is 0 Å². The molecule has 0 aliphatic carbocycles. The summed E-state index contributed by atoms with van der Waals surface area (Å²) in [6.45, 7) is 3.19. The minimum absolute atomic E-state index is 0.814. The lowest BCUT2D eigenvalue weighted by atomic mass is 10.0. The number of hydrogen-bond donors (Lipinski definition) is 2. The smallest absolute Gasteiger partial charge is 0.0333 e. The first-order valence-corrected chi connectivity index (χ1v) is 3.97. The summed E-state index contributed by atoms with van der Waals surface area (Å²) < 4.78 is 0. The molecule has 3 heteroatoms. The van der Waals surface area contributed by atoms with Gasteiger partial charge in [0.15, 0.2) is 0 Å². The van der Waals surface area contributed by atoms with E-state index in [0.29, 0.717) is 0 Å². The highest BCUT2D eigenvalue weighted by Crippen LogP contribution is 2.08. The summed E-state index contributed by atoms with van der Waals surface area (Å²) in [6.07, 6.45) is 2.55. The van der Waals surface area contributed by atoms with Crippen LogP contribution in [0.4, 0.5) is 0 Å². The van der Waals surface area contributed by atoms with Gasteiger partial charge in [0.25, 0.3) is 0 Å². The first-order valence-electron chi connectivity index (χ1n) is 3.97. The van der Waals surface area contributed by atoms with Gasteiger partial charge in [0.1, 0.15) is 0 Å². The lowest BCUT2D eigenvalue weighted by molar-refractivity contribution is 0.313. The number of nitrogens with one attached hydrogen (secondary N) is 2. The zero-order valence-electron chi connectivity index (χ0n) is 6.56. The molecule has 1 heterocycles. The summed E-state index contributed by atoms with van der Waals surface area (Å²) in [4.78, 5) is 0. The molecule has 1 aliphatic rings. The molecule has 59 valence electrons. The van der Waals surface area contributed by atoms with Crippen LogP contribution in [0.25, 0.3) is 0 Å². The van der Waals surface area contributed by atoms with Gasteiger partial charge in [-0.05, 0) is 32.4 Å². The second kappa shape index (κ2) is 4.66. The average Bonchev–Trinajstić information content (AvgIpc) is 2.03. The van der Waals surface area contributed by atoms with E-state index in [1.165, 1.54) is 12.8 Å². The van der Waals surface area contributed by atoms with Crippen molar-refractivity contribution in [3.8, 4) is 0 Å². The van der Waals surface area contributed by atoms with Crippen molar-refractivity contribution in [1.29, 1.82) is 0 Å². The van der Waals surface area contributed by atoms with Crippen molar-refractivity contribution in [2.24, 2.45) is 5.92 Å². The molecule has 2 N–H and O–H groups in total. The van der Waals surface area contributed by atoms with Crippen LogP contribution in [0.5, 0.6) is 0 Å². The van der Waals surface area contributed by atoms with Gasteiger partial charge in [-0.1, -0.05) is 0 Å². The lowest BCUT2D eigenvalue weighted by Crippen LogP contribution is -2.38. The summed E-state index contributed by atoms with van der Waals surface area (Å²) in [5, 5.41) is 3.15. The van der Waals surface area contributed by atoms with Gasteiger partial charge in [-0.2, -0.15) is 5.43 Å². The molecule has 1 unspecified atom stereocenters. The molecule has 1 atom stereocenters. The topological polar surface area (TPSA) is 38.2 Å². The molecule has 1 rings (SSSR count). The van der Waals surface area contributed by atoms with Crippen LogP contribution >= 0.6 is 0 Å². The highest BCUT2D eigenvalue weighted by molar-refractivity contribution is 4.67. The van der Waals surface area contributed by atoms with Crippen LogP contribution in [0.2, 0.25) is 0 Å².